The summed E-state index contributed by atoms with van der Waals surface area (Å²) in [5.41, 5.74) is 0.481. The van der Waals surface area contributed by atoms with Crippen LogP contribution in [-0.4, -0.2) is 17.9 Å². The van der Waals surface area contributed by atoms with Crippen molar-refractivity contribution in [2.75, 3.05) is 6.61 Å². The molecular formula is C11H11F3O2. The number of ether oxygens (including phenoxy) is 1. The molecular weight excluding hydrogens is 221 g/mol. The largest absolute Gasteiger partial charge is 0.508 e. The number of phenolic OH excluding ortho intramolecular Hbond substituents is 1. The first kappa shape index (κ1) is 12.4. The van der Waals surface area contributed by atoms with Crippen molar-refractivity contribution in [1.82, 2.24) is 0 Å². The molecule has 0 amide bonds. The molecule has 0 aromatic heterocycles. The van der Waals surface area contributed by atoms with Crippen molar-refractivity contribution >= 4 is 0 Å². The van der Waals surface area contributed by atoms with Crippen LogP contribution in [0.25, 0.3) is 0 Å². The molecule has 0 saturated heterocycles. The average molecular weight is 232 g/mol. The van der Waals surface area contributed by atoms with E-state index in [1.165, 1.54) is 18.2 Å². The van der Waals surface area contributed by atoms with Gasteiger partial charge in [0.05, 0.1) is 0 Å². The number of halogens is 3. The quantitative estimate of drug-likeness (QED) is 0.808. The number of hydrogen-bond acceptors (Lipinski definition) is 2. The number of alkyl halides is 3. The molecule has 16 heavy (non-hydrogen) atoms. The molecule has 0 saturated carbocycles. The predicted octanol–water partition coefficient (Wildman–Crippen LogP) is 3.06. The molecule has 1 rings (SSSR count). The van der Waals surface area contributed by atoms with Crippen LogP contribution >= 0.6 is 0 Å². The highest BCUT2D eigenvalue weighted by atomic mass is 19.4. The smallest absolute Gasteiger partial charge is 0.422 e. The van der Waals surface area contributed by atoms with Crippen molar-refractivity contribution in [3.8, 4) is 11.5 Å². The minimum Gasteiger partial charge on any atom is -0.508 e. The lowest BCUT2D eigenvalue weighted by Crippen LogP contribution is -2.19. The maximum Gasteiger partial charge on any atom is 0.422 e. The summed E-state index contributed by atoms with van der Waals surface area (Å²) in [6, 6.07) is 3.95. The standard InChI is InChI=1S/C11H11F3O2/c1-2-3-8-6-9(4-5-10(8)15)16-7-11(12,13)14/h2,4-6,15H,1,3,7H2. The zero-order valence-electron chi connectivity index (χ0n) is 8.42. The summed E-state index contributed by atoms with van der Waals surface area (Å²) >= 11 is 0. The van der Waals surface area contributed by atoms with Crippen LogP contribution in [0.3, 0.4) is 0 Å². The molecule has 0 fully saturated rings. The van der Waals surface area contributed by atoms with Gasteiger partial charge in [-0.25, -0.2) is 0 Å². The summed E-state index contributed by atoms with van der Waals surface area (Å²) in [5.74, 6) is 0.0891. The van der Waals surface area contributed by atoms with Crippen LogP contribution < -0.4 is 4.74 Å². The van der Waals surface area contributed by atoms with Gasteiger partial charge in [-0.1, -0.05) is 6.08 Å². The minimum atomic E-state index is -4.36. The van der Waals surface area contributed by atoms with Gasteiger partial charge in [0.1, 0.15) is 11.5 Å². The Morgan fingerprint density at radius 3 is 2.62 bits per heavy atom. The van der Waals surface area contributed by atoms with Crippen molar-refractivity contribution in [1.29, 1.82) is 0 Å². The summed E-state index contributed by atoms with van der Waals surface area (Å²) in [6.07, 6.45) is -2.45. The fourth-order valence-corrected chi connectivity index (χ4v) is 1.14. The normalized spacial score (nSPS) is 11.2. The molecule has 0 aliphatic heterocycles. The summed E-state index contributed by atoms with van der Waals surface area (Å²) in [4.78, 5) is 0. The highest BCUT2D eigenvalue weighted by Gasteiger charge is 2.28. The summed E-state index contributed by atoms with van der Waals surface area (Å²) in [5, 5.41) is 9.37. The molecule has 5 heteroatoms. The first-order valence-corrected chi connectivity index (χ1v) is 4.54. The molecule has 2 nitrogen and oxygen atoms in total. The third kappa shape index (κ3) is 3.84. The Labute approximate surface area is 91.0 Å². The van der Waals surface area contributed by atoms with Gasteiger partial charge >= 0.3 is 6.18 Å². The summed E-state index contributed by atoms with van der Waals surface area (Å²) in [6.45, 7) is 2.14. The predicted molar refractivity (Wildman–Crippen MR) is 53.6 cm³/mol. The van der Waals surface area contributed by atoms with Crippen LogP contribution in [0, 0.1) is 0 Å². The summed E-state index contributed by atoms with van der Waals surface area (Å²) < 4.78 is 40.2. The topological polar surface area (TPSA) is 29.5 Å². The van der Waals surface area contributed by atoms with Crippen molar-refractivity contribution in [2.45, 2.75) is 12.6 Å². The highest BCUT2D eigenvalue weighted by molar-refractivity contribution is 5.40. The van der Waals surface area contributed by atoms with Gasteiger partial charge in [0, 0.05) is 5.56 Å². The van der Waals surface area contributed by atoms with E-state index in [1.54, 1.807) is 6.08 Å². The Hall–Kier alpha value is -1.65. The maximum atomic E-state index is 11.9. The highest BCUT2D eigenvalue weighted by Crippen LogP contribution is 2.25. The summed E-state index contributed by atoms with van der Waals surface area (Å²) in [7, 11) is 0. The van der Waals surface area contributed by atoms with Crippen molar-refractivity contribution in [2.24, 2.45) is 0 Å². The molecule has 1 aromatic rings. The molecule has 1 N–H and O–H groups in total. The van der Waals surface area contributed by atoms with Gasteiger partial charge in [0.25, 0.3) is 0 Å². The van der Waals surface area contributed by atoms with Crippen LogP contribution in [0.15, 0.2) is 30.9 Å². The van der Waals surface area contributed by atoms with Crippen LogP contribution in [0.2, 0.25) is 0 Å². The Balaban J connectivity index is 2.74. The van der Waals surface area contributed by atoms with Crippen LogP contribution in [0.5, 0.6) is 11.5 Å². The Morgan fingerprint density at radius 1 is 1.38 bits per heavy atom. The molecule has 0 radical (unpaired) electrons. The average Bonchev–Trinajstić information content (AvgIpc) is 2.18. The van der Waals surface area contributed by atoms with Crippen molar-refractivity contribution < 1.29 is 23.0 Å². The van der Waals surface area contributed by atoms with E-state index >= 15 is 0 Å². The second-order valence-electron chi connectivity index (χ2n) is 3.19. The monoisotopic (exact) mass is 232 g/mol. The lowest BCUT2D eigenvalue weighted by Gasteiger charge is -2.10. The van der Waals surface area contributed by atoms with Gasteiger partial charge in [0.15, 0.2) is 6.61 Å². The van der Waals surface area contributed by atoms with Crippen LogP contribution in [0.4, 0.5) is 13.2 Å². The van der Waals surface area contributed by atoms with E-state index in [0.29, 0.717) is 12.0 Å². The first-order valence-electron chi connectivity index (χ1n) is 4.54. The van der Waals surface area contributed by atoms with Crippen molar-refractivity contribution in [3.05, 3.63) is 36.4 Å². The number of benzene rings is 1. The molecule has 0 aliphatic carbocycles. The van der Waals surface area contributed by atoms with Crippen molar-refractivity contribution in [3.63, 3.8) is 0 Å². The SMILES string of the molecule is C=CCc1cc(OCC(F)(F)F)ccc1O. The number of phenols is 1. The Morgan fingerprint density at radius 2 is 2.06 bits per heavy atom. The molecule has 0 spiro atoms. The molecule has 0 unspecified atom stereocenters. The third-order valence-electron chi connectivity index (χ3n) is 1.82. The van der Waals surface area contributed by atoms with Gasteiger partial charge in [-0.3, -0.25) is 0 Å². The lowest BCUT2D eigenvalue weighted by atomic mass is 10.1. The van der Waals surface area contributed by atoms with Gasteiger partial charge in [-0.15, -0.1) is 6.58 Å². The second kappa shape index (κ2) is 4.92. The molecule has 0 atom stereocenters. The number of rotatable bonds is 4. The van der Waals surface area contributed by atoms with Gasteiger partial charge in [-0.05, 0) is 24.6 Å². The van der Waals surface area contributed by atoms with E-state index in [2.05, 4.69) is 11.3 Å². The number of allylic oxidation sites excluding steroid dienone is 1. The zero-order valence-corrected chi connectivity index (χ0v) is 8.42. The molecule has 0 aliphatic rings. The Kier molecular flexibility index (Phi) is 3.82. The van der Waals surface area contributed by atoms with Crippen LogP contribution in [-0.2, 0) is 6.42 Å². The van der Waals surface area contributed by atoms with Gasteiger partial charge < -0.3 is 9.84 Å². The second-order valence-corrected chi connectivity index (χ2v) is 3.19. The van der Waals surface area contributed by atoms with Gasteiger partial charge in [-0.2, -0.15) is 13.2 Å². The first-order chi connectivity index (χ1) is 7.42. The van der Waals surface area contributed by atoms with Crippen LogP contribution in [0.1, 0.15) is 5.56 Å². The fraction of sp³-hybridized carbons (Fsp3) is 0.273. The van der Waals surface area contributed by atoms with E-state index in [0.717, 1.165) is 0 Å². The number of aromatic hydroxyl groups is 1. The molecule has 0 heterocycles. The molecule has 0 bridgehead atoms. The maximum absolute atomic E-state index is 11.9. The lowest BCUT2D eigenvalue weighted by molar-refractivity contribution is -0.153. The zero-order chi connectivity index (χ0) is 12.2. The van der Waals surface area contributed by atoms with E-state index in [1.807, 2.05) is 0 Å². The minimum absolute atomic E-state index is 0.0132. The number of hydrogen-bond donors (Lipinski definition) is 1. The molecule has 88 valence electrons. The van der Waals surface area contributed by atoms with E-state index < -0.39 is 12.8 Å². The fourth-order valence-electron chi connectivity index (χ4n) is 1.14. The van der Waals surface area contributed by atoms with Gasteiger partial charge in [0.2, 0.25) is 0 Å². The van der Waals surface area contributed by atoms with E-state index in [9.17, 15) is 18.3 Å². The Bertz CT molecular complexity index is 372. The van der Waals surface area contributed by atoms with E-state index in [-0.39, 0.29) is 11.5 Å². The molecule has 1 aromatic carbocycles. The van der Waals surface area contributed by atoms with E-state index in [4.69, 9.17) is 0 Å². The third-order valence-corrected chi connectivity index (χ3v) is 1.82.